The normalized spacial score (nSPS) is 29.6. The number of aliphatic hydroxyl groups is 1. The van der Waals surface area contributed by atoms with Crippen LogP contribution in [0.1, 0.15) is 72.1 Å². The lowest BCUT2D eigenvalue weighted by Crippen LogP contribution is -2.31. The van der Waals surface area contributed by atoms with Gasteiger partial charge in [-0.1, -0.05) is 26.7 Å². The minimum atomic E-state index is -0.850. The molecule has 0 radical (unpaired) electrons. The molecule has 156 valence electrons. The van der Waals surface area contributed by atoms with Crippen LogP contribution in [0.25, 0.3) is 0 Å². The Kier molecular flexibility index (Phi) is 9.03. The zero-order valence-electron chi connectivity index (χ0n) is 17.0. The number of rotatable bonds is 11. The summed E-state index contributed by atoms with van der Waals surface area (Å²) in [6, 6.07) is 0. The van der Waals surface area contributed by atoms with Crippen molar-refractivity contribution in [2.24, 2.45) is 17.8 Å². The predicted molar refractivity (Wildman–Crippen MR) is 101 cm³/mol. The maximum Gasteiger partial charge on any atom is 0.320 e. The molecule has 2 fully saturated rings. The number of carbonyl (C=O) groups excluding carboxylic acids is 2. The summed E-state index contributed by atoms with van der Waals surface area (Å²) in [5.74, 6) is -1.38. The van der Waals surface area contributed by atoms with E-state index in [1.807, 2.05) is 13.8 Å². The van der Waals surface area contributed by atoms with Crippen molar-refractivity contribution in [1.29, 1.82) is 0 Å². The summed E-state index contributed by atoms with van der Waals surface area (Å²) in [5.41, 5.74) is 0. The number of ether oxygens (including phenoxy) is 3. The Balaban J connectivity index is 1.77. The van der Waals surface area contributed by atoms with Crippen molar-refractivity contribution in [2.45, 2.75) is 90.4 Å². The minimum Gasteiger partial charge on any atom is -0.465 e. The van der Waals surface area contributed by atoms with Crippen molar-refractivity contribution >= 4 is 11.9 Å². The molecule has 1 aliphatic carbocycles. The van der Waals surface area contributed by atoms with E-state index in [1.165, 1.54) is 0 Å². The third-order valence-electron chi connectivity index (χ3n) is 5.80. The lowest BCUT2D eigenvalue weighted by molar-refractivity contribution is -0.164. The van der Waals surface area contributed by atoms with E-state index in [1.54, 1.807) is 0 Å². The van der Waals surface area contributed by atoms with Gasteiger partial charge < -0.3 is 19.3 Å². The molecule has 6 heteroatoms. The van der Waals surface area contributed by atoms with Gasteiger partial charge in [-0.25, -0.2) is 0 Å². The monoisotopic (exact) mass is 384 g/mol. The van der Waals surface area contributed by atoms with E-state index < -0.39 is 17.9 Å². The lowest BCUT2D eigenvalue weighted by Gasteiger charge is -2.26. The summed E-state index contributed by atoms with van der Waals surface area (Å²) in [6.45, 7) is 6.65. The molecule has 0 amide bonds. The molecule has 1 saturated carbocycles. The highest BCUT2D eigenvalue weighted by Crippen LogP contribution is 2.29. The van der Waals surface area contributed by atoms with Crippen LogP contribution in [-0.2, 0) is 23.8 Å². The van der Waals surface area contributed by atoms with E-state index in [9.17, 15) is 14.7 Å². The Bertz CT molecular complexity index is 479. The van der Waals surface area contributed by atoms with Gasteiger partial charge in [0.2, 0.25) is 0 Å². The quantitative estimate of drug-likeness (QED) is 0.334. The molecule has 0 aromatic rings. The lowest BCUT2D eigenvalue weighted by atomic mass is 9.88. The van der Waals surface area contributed by atoms with Gasteiger partial charge >= 0.3 is 11.9 Å². The summed E-state index contributed by atoms with van der Waals surface area (Å²) in [4.78, 5) is 24.9. The van der Waals surface area contributed by atoms with Crippen LogP contribution < -0.4 is 0 Å². The Morgan fingerprint density at radius 3 is 2.48 bits per heavy atom. The van der Waals surface area contributed by atoms with Crippen LogP contribution in [0, 0.1) is 17.8 Å². The number of aliphatic hydroxyl groups excluding tert-OH is 1. The minimum absolute atomic E-state index is 0.181. The molecule has 27 heavy (non-hydrogen) atoms. The fourth-order valence-corrected chi connectivity index (χ4v) is 3.79. The average molecular weight is 385 g/mol. The molecule has 0 bridgehead atoms. The van der Waals surface area contributed by atoms with Crippen molar-refractivity contribution in [3.8, 4) is 0 Å². The number of esters is 2. The van der Waals surface area contributed by atoms with Crippen LogP contribution in [0.3, 0.4) is 0 Å². The summed E-state index contributed by atoms with van der Waals surface area (Å²) in [7, 11) is 0. The van der Waals surface area contributed by atoms with Gasteiger partial charge in [0.05, 0.1) is 31.5 Å². The second kappa shape index (κ2) is 11.0. The van der Waals surface area contributed by atoms with Gasteiger partial charge in [-0.2, -0.15) is 0 Å². The second-order valence-electron chi connectivity index (χ2n) is 8.18. The van der Waals surface area contributed by atoms with Crippen molar-refractivity contribution in [3.05, 3.63) is 0 Å². The van der Waals surface area contributed by atoms with Gasteiger partial charge in [0.25, 0.3) is 0 Å². The van der Waals surface area contributed by atoms with Crippen molar-refractivity contribution in [2.75, 3.05) is 13.2 Å². The highest BCUT2D eigenvalue weighted by molar-refractivity contribution is 5.94. The Hall–Kier alpha value is -1.14. The van der Waals surface area contributed by atoms with Crippen LogP contribution in [-0.4, -0.2) is 48.6 Å². The third kappa shape index (κ3) is 7.41. The van der Waals surface area contributed by atoms with Crippen LogP contribution in [0.5, 0.6) is 0 Å². The van der Waals surface area contributed by atoms with Gasteiger partial charge in [-0.3, -0.25) is 9.59 Å². The van der Waals surface area contributed by atoms with E-state index >= 15 is 0 Å². The molecule has 2 rings (SSSR count). The van der Waals surface area contributed by atoms with Gasteiger partial charge in [0.15, 0.2) is 5.92 Å². The molecule has 1 saturated heterocycles. The average Bonchev–Trinajstić information content (AvgIpc) is 3.35. The highest BCUT2D eigenvalue weighted by Gasteiger charge is 2.36. The number of carbonyl (C=O) groups is 2. The molecule has 6 nitrogen and oxygen atoms in total. The van der Waals surface area contributed by atoms with Crippen LogP contribution >= 0.6 is 0 Å². The molecule has 1 aliphatic heterocycles. The smallest absolute Gasteiger partial charge is 0.320 e. The molecule has 6 unspecified atom stereocenters. The fraction of sp³-hybridized carbons (Fsp3) is 0.905. The number of epoxide rings is 1. The maximum absolute atomic E-state index is 12.5. The van der Waals surface area contributed by atoms with Crippen molar-refractivity contribution < 1.29 is 28.9 Å². The summed E-state index contributed by atoms with van der Waals surface area (Å²) in [5, 5.41) is 9.73. The first-order valence-corrected chi connectivity index (χ1v) is 10.6. The predicted octanol–water partition coefficient (Wildman–Crippen LogP) is 3.24. The van der Waals surface area contributed by atoms with E-state index in [-0.39, 0.29) is 30.7 Å². The molecule has 6 atom stereocenters. The molecular formula is C21H36O6. The number of hydrogen-bond acceptors (Lipinski definition) is 6. The molecule has 0 aromatic carbocycles. The summed E-state index contributed by atoms with van der Waals surface area (Å²) >= 11 is 0. The maximum atomic E-state index is 12.5. The first-order valence-electron chi connectivity index (χ1n) is 10.6. The summed E-state index contributed by atoms with van der Waals surface area (Å²) in [6.07, 6.45) is 6.60. The summed E-state index contributed by atoms with van der Waals surface area (Å²) < 4.78 is 16.3. The zero-order valence-corrected chi connectivity index (χ0v) is 17.0. The molecule has 1 N–H and O–H groups in total. The van der Waals surface area contributed by atoms with Crippen molar-refractivity contribution in [3.63, 3.8) is 0 Å². The third-order valence-corrected chi connectivity index (χ3v) is 5.80. The Labute approximate surface area is 162 Å². The van der Waals surface area contributed by atoms with E-state index in [0.717, 1.165) is 32.1 Å². The van der Waals surface area contributed by atoms with E-state index in [4.69, 9.17) is 14.2 Å². The fourth-order valence-electron chi connectivity index (χ4n) is 3.79. The highest BCUT2D eigenvalue weighted by atomic mass is 16.6. The van der Waals surface area contributed by atoms with Gasteiger partial charge in [0.1, 0.15) is 0 Å². The van der Waals surface area contributed by atoms with Crippen LogP contribution in [0.2, 0.25) is 0 Å². The second-order valence-corrected chi connectivity index (χ2v) is 8.18. The van der Waals surface area contributed by atoms with Gasteiger partial charge in [0, 0.05) is 0 Å². The van der Waals surface area contributed by atoms with Crippen LogP contribution in [0.4, 0.5) is 0 Å². The van der Waals surface area contributed by atoms with E-state index in [0.29, 0.717) is 32.0 Å². The van der Waals surface area contributed by atoms with Crippen LogP contribution in [0.15, 0.2) is 0 Å². The van der Waals surface area contributed by atoms with Crippen molar-refractivity contribution in [1.82, 2.24) is 0 Å². The first kappa shape index (κ1) is 22.2. The molecule has 0 aromatic heterocycles. The molecule has 0 spiro atoms. The van der Waals surface area contributed by atoms with E-state index in [2.05, 4.69) is 6.92 Å². The zero-order chi connectivity index (χ0) is 19.8. The van der Waals surface area contributed by atoms with Gasteiger partial charge in [-0.15, -0.1) is 0 Å². The largest absolute Gasteiger partial charge is 0.465 e. The molecular weight excluding hydrogens is 348 g/mol. The Morgan fingerprint density at radius 2 is 1.89 bits per heavy atom. The topological polar surface area (TPSA) is 85.4 Å². The standard InChI is InChI=1S/C21H36O6/c1-4-7-18(21(24)26-13-16-8-6-9-17(22)10-16)20(23)25-12-15(5-2)11-19-14(3)27-19/h14-19,22H,4-13H2,1-3H3. The SMILES string of the molecule is CCCC(C(=O)OCC1CCCC(O)C1)C(=O)OCC(CC)CC1OC1C. The molecule has 1 heterocycles. The number of hydrogen-bond donors (Lipinski definition) is 1. The molecule has 2 aliphatic rings. The Morgan fingerprint density at radius 1 is 1.19 bits per heavy atom. The first-order chi connectivity index (χ1) is 12.9. The van der Waals surface area contributed by atoms with Gasteiger partial charge in [-0.05, 0) is 57.3 Å².